The summed E-state index contributed by atoms with van der Waals surface area (Å²) in [5.41, 5.74) is 0. The highest BCUT2D eigenvalue weighted by Gasteiger charge is 2.21. The molecule has 1 saturated heterocycles. The van der Waals surface area contributed by atoms with E-state index in [2.05, 4.69) is 22.6 Å². The molecule has 5 nitrogen and oxygen atoms in total. The van der Waals surface area contributed by atoms with Crippen LogP contribution in [0, 0.1) is 0 Å². The van der Waals surface area contributed by atoms with E-state index in [1.165, 1.54) is 32.1 Å². The molecule has 0 aromatic carbocycles. The molecule has 0 bridgehead atoms. The zero-order chi connectivity index (χ0) is 14.2. The Morgan fingerprint density at radius 3 is 2.85 bits per heavy atom. The number of morpholine rings is 1. The Labute approximate surface area is 122 Å². The molecule has 116 valence electrons. The van der Waals surface area contributed by atoms with Gasteiger partial charge in [-0.05, 0) is 32.9 Å². The van der Waals surface area contributed by atoms with E-state index < -0.39 is 0 Å². The van der Waals surface area contributed by atoms with Crippen molar-refractivity contribution in [2.24, 2.45) is 0 Å². The first-order chi connectivity index (χ1) is 9.77. The molecule has 20 heavy (non-hydrogen) atoms. The Hall–Kier alpha value is -0.650. The average molecular weight is 283 g/mol. The van der Waals surface area contributed by atoms with E-state index in [1.807, 2.05) is 0 Å². The molecule has 1 aliphatic carbocycles. The van der Waals surface area contributed by atoms with Crippen LogP contribution in [-0.4, -0.2) is 62.8 Å². The maximum absolute atomic E-state index is 11.9. The molecule has 0 spiro atoms. The summed E-state index contributed by atoms with van der Waals surface area (Å²) >= 11 is 0. The normalized spacial score (nSPS) is 24.8. The molecule has 2 aliphatic rings. The standard InChI is InChI=1S/C15H29N3O2/c1-18(13-6-3-2-4-7-13)10-5-8-17-15(19)14-12-16-9-11-20-14/h13-14,16H,2-12H2,1H3,(H,17,19). The Morgan fingerprint density at radius 2 is 2.15 bits per heavy atom. The predicted molar refractivity (Wildman–Crippen MR) is 79.7 cm³/mol. The zero-order valence-corrected chi connectivity index (χ0v) is 12.7. The molecular formula is C15H29N3O2. The van der Waals surface area contributed by atoms with E-state index in [0.29, 0.717) is 13.2 Å². The van der Waals surface area contributed by atoms with E-state index >= 15 is 0 Å². The van der Waals surface area contributed by atoms with E-state index in [0.717, 1.165) is 32.1 Å². The molecule has 1 atom stereocenters. The number of nitrogens with zero attached hydrogens (tertiary/aromatic N) is 1. The zero-order valence-electron chi connectivity index (χ0n) is 12.7. The number of nitrogens with one attached hydrogen (secondary N) is 2. The van der Waals surface area contributed by atoms with Crippen LogP contribution in [0.15, 0.2) is 0 Å². The van der Waals surface area contributed by atoms with Crippen molar-refractivity contribution in [2.75, 3.05) is 39.8 Å². The first kappa shape index (κ1) is 15.7. The first-order valence-electron chi connectivity index (χ1n) is 8.07. The second-order valence-corrected chi connectivity index (χ2v) is 5.98. The lowest BCUT2D eigenvalue weighted by atomic mass is 9.94. The molecule has 1 heterocycles. The molecule has 1 saturated carbocycles. The van der Waals surface area contributed by atoms with Crippen molar-refractivity contribution in [1.29, 1.82) is 0 Å². The third-order valence-corrected chi connectivity index (χ3v) is 4.40. The highest BCUT2D eigenvalue weighted by Crippen LogP contribution is 2.21. The molecule has 1 unspecified atom stereocenters. The summed E-state index contributed by atoms with van der Waals surface area (Å²) in [5.74, 6) is 0.0255. The summed E-state index contributed by atoms with van der Waals surface area (Å²) in [5, 5.41) is 6.15. The van der Waals surface area contributed by atoms with Crippen LogP contribution in [0.4, 0.5) is 0 Å². The van der Waals surface area contributed by atoms with Crippen molar-refractivity contribution < 1.29 is 9.53 Å². The monoisotopic (exact) mass is 283 g/mol. The van der Waals surface area contributed by atoms with Gasteiger partial charge < -0.3 is 20.3 Å². The third-order valence-electron chi connectivity index (χ3n) is 4.40. The molecule has 0 aromatic heterocycles. The maximum atomic E-state index is 11.9. The van der Waals surface area contributed by atoms with Crippen LogP contribution < -0.4 is 10.6 Å². The van der Waals surface area contributed by atoms with Crippen molar-refractivity contribution in [2.45, 2.75) is 50.7 Å². The summed E-state index contributed by atoms with van der Waals surface area (Å²) in [7, 11) is 2.21. The topological polar surface area (TPSA) is 53.6 Å². The molecule has 5 heteroatoms. The van der Waals surface area contributed by atoms with Gasteiger partial charge in [0, 0.05) is 25.7 Å². The second-order valence-electron chi connectivity index (χ2n) is 5.98. The van der Waals surface area contributed by atoms with Crippen LogP contribution in [0.25, 0.3) is 0 Å². The molecule has 1 amide bonds. The second kappa shape index (κ2) is 8.60. The van der Waals surface area contributed by atoms with Gasteiger partial charge >= 0.3 is 0 Å². The number of hydrogen-bond donors (Lipinski definition) is 2. The minimum atomic E-state index is -0.306. The largest absolute Gasteiger partial charge is 0.366 e. The minimum Gasteiger partial charge on any atom is -0.366 e. The number of rotatable bonds is 6. The number of hydrogen-bond acceptors (Lipinski definition) is 4. The maximum Gasteiger partial charge on any atom is 0.250 e. The average Bonchev–Trinajstić information content (AvgIpc) is 2.53. The summed E-state index contributed by atoms with van der Waals surface area (Å²) in [6.07, 6.45) is 7.53. The smallest absolute Gasteiger partial charge is 0.250 e. The Balaban J connectivity index is 1.55. The van der Waals surface area contributed by atoms with Gasteiger partial charge in [-0.15, -0.1) is 0 Å². The van der Waals surface area contributed by atoms with Crippen molar-refractivity contribution in [3.05, 3.63) is 0 Å². The lowest BCUT2D eigenvalue weighted by Crippen LogP contribution is -2.48. The van der Waals surface area contributed by atoms with Gasteiger partial charge in [-0.2, -0.15) is 0 Å². The van der Waals surface area contributed by atoms with Crippen molar-refractivity contribution in [3.8, 4) is 0 Å². The quantitative estimate of drug-likeness (QED) is 0.706. The Bertz CT molecular complexity index is 287. The number of carbonyl (C=O) groups is 1. The molecular weight excluding hydrogens is 254 g/mol. The van der Waals surface area contributed by atoms with Gasteiger partial charge in [-0.25, -0.2) is 0 Å². The fraction of sp³-hybridized carbons (Fsp3) is 0.933. The van der Waals surface area contributed by atoms with E-state index in [4.69, 9.17) is 4.74 Å². The fourth-order valence-electron chi connectivity index (χ4n) is 3.09. The van der Waals surface area contributed by atoms with Crippen molar-refractivity contribution in [3.63, 3.8) is 0 Å². The molecule has 2 fully saturated rings. The molecule has 1 aliphatic heterocycles. The van der Waals surface area contributed by atoms with Crippen LogP contribution in [-0.2, 0) is 9.53 Å². The first-order valence-corrected chi connectivity index (χ1v) is 8.07. The predicted octanol–water partition coefficient (Wildman–Crippen LogP) is 0.746. The van der Waals surface area contributed by atoms with Gasteiger partial charge in [0.2, 0.25) is 5.91 Å². The van der Waals surface area contributed by atoms with Gasteiger partial charge in [0.1, 0.15) is 6.10 Å². The van der Waals surface area contributed by atoms with Gasteiger partial charge in [0.15, 0.2) is 0 Å². The Morgan fingerprint density at radius 1 is 1.35 bits per heavy atom. The summed E-state index contributed by atoms with van der Waals surface area (Å²) in [6.45, 7) is 3.91. The van der Waals surface area contributed by atoms with Gasteiger partial charge in [-0.1, -0.05) is 19.3 Å². The number of ether oxygens (including phenoxy) is 1. The van der Waals surface area contributed by atoms with E-state index in [-0.39, 0.29) is 12.0 Å². The minimum absolute atomic E-state index is 0.0255. The van der Waals surface area contributed by atoms with Crippen molar-refractivity contribution >= 4 is 5.91 Å². The van der Waals surface area contributed by atoms with Gasteiger partial charge in [0.05, 0.1) is 6.61 Å². The number of carbonyl (C=O) groups excluding carboxylic acids is 1. The molecule has 2 N–H and O–H groups in total. The molecule has 2 rings (SSSR count). The number of amides is 1. The van der Waals surface area contributed by atoms with Crippen molar-refractivity contribution in [1.82, 2.24) is 15.5 Å². The van der Waals surface area contributed by atoms with Crippen LogP contribution in [0.2, 0.25) is 0 Å². The van der Waals surface area contributed by atoms with E-state index in [9.17, 15) is 4.79 Å². The highest BCUT2D eigenvalue weighted by atomic mass is 16.5. The van der Waals surface area contributed by atoms with Gasteiger partial charge in [0.25, 0.3) is 0 Å². The van der Waals surface area contributed by atoms with Crippen LogP contribution in [0.3, 0.4) is 0 Å². The van der Waals surface area contributed by atoms with Gasteiger partial charge in [-0.3, -0.25) is 4.79 Å². The van der Waals surface area contributed by atoms with Crippen LogP contribution >= 0.6 is 0 Å². The fourth-order valence-corrected chi connectivity index (χ4v) is 3.09. The summed E-state index contributed by atoms with van der Waals surface area (Å²) in [6, 6.07) is 0.755. The molecule has 0 radical (unpaired) electrons. The van der Waals surface area contributed by atoms with Crippen LogP contribution in [0.1, 0.15) is 38.5 Å². The SMILES string of the molecule is CN(CCCNC(=O)C1CNCCO1)C1CCCCC1. The lowest BCUT2D eigenvalue weighted by molar-refractivity contribution is -0.134. The lowest BCUT2D eigenvalue weighted by Gasteiger charge is -2.31. The van der Waals surface area contributed by atoms with E-state index in [1.54, 1.807) is 0 Å². The third kappa shape index (κ3) is 5.04. The summed E-state index contributed by atoms with van der Waals surface area (Å²) in [4.78, 5) is 14.3. The molecule has 0 aromatic rings. The highest BCUT2D eigenvalue weighted by molar-refractivity contribution is 5.81. The van der Waals surface area contributed by atoms with Crippen LogP contribution in [0.5, 0.6) is 0 Å². The summed E-state index contributed by atoms with van der Waals surface area (Å²) < 4.78 is 5.43. The Kier molecular flexibility index (Phi) is 6.76.